The summed E-state index contributed by atoms with van der Waals surface area (Å²) in [5.74, 6) is 1.04. The van der Waals surface area contributed by atoms with Gasteiger partial charge in [0, 0.05) is 24.3 Å². The topological polar surface area (TPSA) is 67.9 Å². The van der Waals surface area contributed by atoms with Crippen LogP contribution in [0.1, 0.15) is 28.1 Å². The van der Waals surface area contributed by atoms with Crippen molar-refractivity contribution in [2.24, 2.45) is 0 Å². The van der Waals surface area contributed by atoms with Crippen LogP contribution >= 0.6 is 11.3 Å². The van der Waals surface area contributed by atoms with E-state index in [1.165, 1.54) is 11.3 Å². The zero-order chi connectivity index (χ0) is 21.8. The number of rotatable bonds is 7. The number of hydrogen-bond acceptors (Lipinski definition) is 5. The zero-order valence-electron chi connectivity index (χ0n) is 17.7. The first-order valence-corrected chi connectivity index (χ1v) is 11.2. The molecular formula is C24H26N2O4S. The first kappa shape index (κ1) is 21.2. The molecule has 1 saturated heterocycles. The van der Waals surface area contributed by atoms with Gasteiger partial charge in [-0.2, -0.15) is 0 Å². The third-order valence-corrected chi connectivity index (χ3v) is 6.90. The number of methoxy groups -OCH3 is 1. The predicted molar refractivity (Wildman–Crippen MR) is 122 cm³/mol. The SMILES string of the molecule is CNC(=O)c1sc2ccccc2c1CC1CCCN1C(=O)COc1ccccc1OC. The predicted octanol–water partition coefficient (Wildman–Crippen LogP) is 3.88. The van der Waals surface area contributed by atoms with Gasteiger partial charge in [0.05, 0.1) is 12.0 Å². The molecule has 1 unspecified atom stereocenters. The summed E-state index contributed by atoms with van der Waals surface area (Å²) in [7, 11) is 3.23. The minimum absolute atomic E-state index is 0.0381. The van der Waals surface area contributed by atoms with E-state index < -0.39 is 0 Å². The molecule has 0 radical (unpaired) electrons. The number of carbonyl (C=O) groups excluding carboxylic acids is 2. The maximum atomic E-state index is 13.0. The van der Waals surface area contributed by atoms with Crippen molar-refractivity contribution >= 4 is 33.2 Å². The third-order valence-electron chi connectivity index (χ3n) is 5.69. The van der Waals surface area contributed by atoms with Crippen molar-refractivity contribution in [1.82, 2.24) is 10.2 Å². The van der Waals surface area contributed by atoms with Crippen LogP contribution in [-0.4, -0.2) is 50.1 Å². The number of thiophene rings is 1. The van der Waals surface area contributed by atoms with Crippen LogP contribution in [-0.2, 0) is 11.2 Å². The Kier molecular flexibility index (Phi) is 6.42. The average molecular weight is 439 g/mol. The summed E-state index contributed by atoms with van der Waals surface area (Å²) in [6, 6.07) is 15.4. The fourth-order valence-corrected chi connectivity index (χ4v) is 5.35. The summed E-state index contributed by atoms with van der Waals surface area (Å²) in [6.45, 7) is 0.666. The number of fused-ring (bicyclic) bond motifs is 1. The van der Waals surface area contributed by atoms with Gasteiger partial charge in [-0.25, -0.2) is 0 Å². The van der Waals surface area contributed by atoms with Crippen molar-refractivity contribution in [2.45, 2.75) is 25.3 Å². The van der Waals surface area contributed by atoms with E-state index in [-0.39, 0.29) is 24.5 Å². The largest absolute Gasteiger partial charge is 0.493 e. The highest BCUT2D eigenvalue weighted by Crippen LogP contribution is 2.34. The highest BCUT2D eigenvalue weighted by atomic mass is 32.1. The van der Waals surface area contributed by atoms with Crippen LogP contribution in [0.2, 0.25) is 0 Å². The molecule has 162 valence electrons. The van der Waals surface area contributed by atoms with Gasteiger partial charge < -0.3 is 19.7 Å². The second-order valence-corrected chi connectivity index (χ2v) is 8.56. The quantitative estimate of drug-likeness (QED) is 0.608. The monoisotopic (exact) mass is 438 g/mol. The van der Waals surface area contributed by atoms with Crippen LogP contribution in [0.5, 0.6) is 11.5 Å². The Morgan fingerprint density at radius 1 is 1.13 bits per heavy atom. The molecule has 3 aromatic rings. The highest BCUT2D eigenvalue weighted by Gasteiger charge is 2.31. The van der Waals surface area contributed by atoms with Gasteiger partial charge in [-0.1, -0.05) is 30.3 Å². The van der Waals surface area contributed by atoms with Crippen molar-refractivity contribution in [3.05, 3.63) is 59.0 Å². The van der Waals surface area contributed by atoms with Gasteiger partial charge in [0.2, 0.25) is 0 Å². The van der Waals surface area contributed by atoms with Gasteiger partial charge in [-0.05, 0) is 48.4 Å². The van der Waals surface area contributed by atoms with E-state index in [2.05, 4.69) is 11.4 Å². The van der Waals surface area contributed by atoms with Crippen molar-refractivity contribution in [3.63, 3.8) is 0 Å². The molecule has 1 atom stereocenters. The number of benzene rings is 2. The van der Waals surface area contributed by atoms with E-state index in [0.29, 0.717) is 24.5 Å². The van der Waals surface area contributed by atoms with E-state index in [4.69, 9.17) is 9.47 Å². The molecule has 1 N–H and O–H groups in total. The van der Waals surface area contributed by atoms with E-state index in [9.17, 15) is 9.59 Å². The number of hydrogen-bond donors (Lipinski definition) is 1. The Morgan fingerprint density at radius 2 is 1.87 bits per heavy atom. The highest BCUT2D eigenvalue weighted by molar-refractivity contribution is 7.21. The smallest absolute Gasteiger partial charge is 0.261 e. The second-order valence-electron chi connectivity index (χ2n) is 7.51. The lowest BCUT2D eigenvalue weighted by molar-refractivity contribution is -0.134. The third kappa shape index (κ3) is 4.37. The normalized spacial score (nSPS) is 15.8. The lowest BCUT2D eigenvalue weighted by atomic mass is 10.0. The molecule has 7 heteroatoms. The number of amides is 2. The van der Waals surface area contributed by atoms with E-state index in [1.54, 1.807) is 26.3 Å². The van der Waals surface area contributed by atoms with Crippen molar-refractivity contribution in [3.8, 4) is 11.5 Å². The van der Waals surface area contributed by atoms with Crippen LogP contribution in [0.4, 0.5) is 0 Å². The minimum atomic E-state index is -0.0772. The van der Waals surface area contributed by atoms with Crippen LogP contribution < -0.4 is 14.8 Å². The Hall–Kier alpha value is -3.06. The Labute approximate surface area is 185 Å². The molecule has 2 amide bonds. The fourth-order valence-electron chi connectivity index (χ4n) is 4.17. The molecule has 0 bridgehead atoms. The van der Waals surface area contributed by atoms with Gasteiger partial charge in [0.1, 0.15) is 0 Å². The van der Waals surface area contributed by atoms with E-state index >= 15 is 0 Å². The number of likely N-dealkylation sites (tertiary alicyclic amines) is 1. The van der Waals surface area contributed by atoms with Crippen molar-refractivity contribution in [2.75, 3.05) is 27.3 Å². The number of nitrogens with zero attached hydrogens (tertiary/aromatic N) is 1. The summed E-state index contributed by atoms with van der Waals surface area (Å²) in [4.78, 5) is 28.1. The molecule has 1 aliphatic heterocycles. The lowest BCUT2D eigenvalue weighted by Gasteiger charge is -2.25. The van der Waals surface area contributed by atoms with E-state index in [0.717, 1.165) is 33.4 Å². The Balaban J connectivity index is 1.51. The van der Waals surface area contributed by atoms with Gasteiger partial charge in [-0.3, -0.25) is 9.59 Å². The van der Waals surface area contributed by atoms with Gasteiger partial charge in [0.15, 0.2) is 18.1 Å². The molecule has 2 aromatic carbocycles. The maximum Gasteiger partial charge on any atom is 0.261 e. The molecule has 0 spiro atoms. The van der Waals surface area contributed by atoms with Crippen molar-refractivity contribution < 1.29 is 19.1 Å². The van der Waals surface area contributed by atoms with Crippen LogP contribution in [0, 0.1) is 0 Å². The molecule has 1 fully saturated rings. The van der Waals surface area contributed by atoms with Crippen LogP contribution in [0.15, 0.2) is 48.5 Å². The molecule has 0 aliphatic carbocycles. The maximum absolute atomic E-state index is 13.0. The number of para-hydroxylation sites is 2. The lowest BCUT2D eigenvalue weighted by Crippen LogP contribution is -2.40. The molecule has 1 aromatic heterocycles. The summed E-state index contributed by atoms with van der Waals surface area (Å²) >= 11 is 1.51. The Morgan fingerprint density at radius 3 is 2.65 bits per heavy atom. The average Bonchev–Trinajstić information content (AvgIpc) is 3.42. The first-order valence-electron chi connectivity index (χ1n) is 10.4. The molecule has 1 aliphatic rings. The number of nitrogens with one attached hydrogen (secondary N) is 1. The number of ether oxygens (including phenoxy) is 2. The number of carbonyl (C=O) groups is 2. The molecule has 6 nitrogen and oxygen atoms in total. The molecular weight excluding hydrogens is 412 g/mol. The summed E-state index contributed by atoms with van der Waals surface area (Å²) in [5, 5.41) is 3.84. The summed E-state index contributed by atoms with van der Waals surface area (Å²) in [6.07, 6.45) is 2.52. The van der Waals surface area contributed by atoms with Crippen LogP contribution in [0.3, 0.4) is 0 Å². The zero-order valence-corrected chi connectivity index (χ0v) is 18.5. The van der Waals surface area contributed by atoms with Gasteiger partial charge in [0.25, 0.3) is 11.8 Å². The molecule has 4 rings (SSSR count). The first-order chi connectivity index (χ1) is 15.1. The minimum Gasteiger partial charge on any atom is -0.493 e. The standard InChI is InChI=1S/C24H26N2O4S/c1-25-24(28)23-18(17-9-3-6-12-21(17)31-23)14-16-8-7-13-26(16)22(27)15-30-20-11-5-4-10-19(20)29-2/h3-6,9-12,16H,7-8,13-15H2,1-2H3,(H,25,28). The molecule has 2 heterocycles. The summed E-state index contributed by atoms with van der Waals surface area (Å²) < 4.78 is 12.1. The second kappa shape index (κ2) is 9.39. The Bertz CT molecular complexity index is 1090. The van der Waals surface area contributed by atoms with Gasteiger partial charge in [-0.15, -0.1) is 11.3 Å². The van der Waals surface area contributed by atoms with Gasteiger partial charge >= 0.3 is 0 Å². The molecule has 0 saturated carbocycles. The summed E-state index contributed by atoms with van der Waals surface area (Å²) in [5.41, 5.74) is 1.02. The van der Waals surface area contributed by atoms with Crippen molar-refractivity contribution in [1.29, 1.82) is 0 Å². The molecule has 31 heavy (non-hydrogen) atoms. The van der Waals surface area contributed by atoms with Crippen LogP contribution in [0.25, 0.3) is 10.1 Å². The fraction of sp³-hybridized carbons (Fsp3) is 0.333. The van der Waals surface area contributed by atoms with E-state index in [1.807, 2.05) is 35.2 Å².